The molecule has 2 rings (SSSR count). The van der Waals surface area contributed by atoms with Gasteiger partial charge in [-0.3, -0.25) is 4.79 Å². The van der Waals surface area contributed by atoms with E-state index in [4.69, 9.17) is 10.5 Å². The van der Waals surface area contributed by atoms with Gasteiger partial charge in [0.1, 0.15) is 5.75 Å². The van der Waals surface area contributed by atoms with Gasteiger partial charge in [0.25, 0.3) is 5.56 Å². The summed E-state index contributed by atoms with van der Waals surface area (Å²) in [6.07, 6.45) is 0. The summed E-state index contributed by atoms with van der Waals surface area (Å²) < 4.78 is 7.22. The normalized spacial score (nSPS) is 10.7. The molecule has 0 aliphatic rings. The van der Waals surface area contributed by atoms with Crippen molar-refractivity contribution >= 4 is 0 Å². The molecule has 1 heterocycles. The zero-order valence-corrected chi connectivity index (χ0v) is 12.8. The molecule has 112 valence electrons. The Kier molecular flexibility index (Phi) is 4.81. The minimum absolute atomic E-state index is 0.00360. The summed E-state index contributed by atoms with van der Waals surface area (Å²) in [7, 11) is 0. The monoisotopic (exact) mass is 286 g/mol. The number of hydrogen-bond acceptors (Lipinski definition) is 3. The van der Waals surface area contributed by atoms with Crippen molar-refractivity contribution in [1.82, 2.24) is 4.57 Å². The summed E-state index contributed by atoms with van der Waals surface area (Å²) in [5, 5.41) is 0. The van der Waals surface area contributed by atoms with Crippen molar-refractivity contribution in [3.05, 3.63) is 51.8 Å². The summed E-state index contributed by atoms with van der Waals surface area (Å²) in [6, 6.07) is 9.84. The van der Waals surface area contributed by atoms with E-state index >= 15 is 0 Å². The minimum Gasteiger partial charge on any atom is -0.494 e. The average molecular weight is 286 g/mol. The number of ether oxygens (including phenoxy) is 1. The molecular formula is C17H22N2O2. The van der Waals surface area contributed by atoms with E-state index < -0.39 is 0 Å². The molecule has 0 saturated carbocycles. The van der Waals surface area contributed by atoms with Crippen LogP contribution in [0, 0.1) is 6.92 Å². The van der Waals surface area contributed by atoms with E-state index in [9.17, 15) is 4.79 Å². The summed E-state index contributed by atoms with van der Waals surface area (Å²) >= 11 is 0. The van der Waals surface area contributed by atoms with Crippen molar-refractivity contribution in [1.29, 1.82) is 0 Å². The highest BCUT2D eigenvalue weighted by atomic mass is 16.5. The first-order valence-electron chi connectivity index (χ1n) is 7.29. The molecule has 0 saturated heterocycles. The number of benzene rings is 1. The highest BCUT2D eigenvalue weighted by Crippen LogP contribution is 2.23. The van der Waals surface area contributed by atoms with Crippen LogP contribution in [-0.4, -0.2) is 11.2 Å². The molecule has 4 nitrogen and oxygen atoms in total. The molecule has 0 radical (unpaired) electrons. The Hall–Kier alpha value is -2.07. The molecule has 0 spiro atoms. The number of nitrogens with two attached hydrogens (primary N) is 1. The smallest absolute Gasteiger partial charge is 0.255 e. The third kappa shape index (κ3) is 3.00. The Balaban J connectivity index is 2.55. The fraction of sp³-hybridized carbons (Fsp3) is 0.353. The molecule has 0 aliphatic heterocycles. The maximum atomic E-state index is 12.5. The number of rotatable bonds is 5. The van der Waals surface area contributed by atoms with Gasteiger partial charge in [-0.15, -0.1) is 0 Å². The van der Waals surface area contributed by atoms with Crippen LogP contribution in [0.15, 0.2) is 35.1 Å². The zero-order valence-electron chi connectivity index (χ0n) is 12.8. The van der Waals surface area contributed by atoms with Crippen molar-refractivity contribution < 1.29 is 4.74 Å². The van der Waals surface area contributed by atoms with Crippen molar-refractivity contribution in [3.8, 4) is 17.0 Å². The van der Waals surface area contributed by atoms with Gasteiger partial charge in [0.2, 0.25) is 0 Å². The molecule has 2 aromatic rings. The van der Waals surface area contributed by atoms with E-state index in [-0.39, 0.29) is 12.1 Å². The van der Waals surface area contributed by atoms with Gasteiger partial charge in [-0.25, -0.2) is 0 Å². The maximum Gasteiger partial charge on any atom is 0.255 e. The Morgan fingerprint density at radius 1 is 1.19 bits per heavy atom. The van der Waals surface area contributed by atoms with Crippen LogP contribution in [0.3, 0.4) is 0 Å². The molecule has 0 bridgehead atoms. The van der Waals surface area contributed by atoms with Crippen LogP contribution in [0.2, 0.25) is 0 Å². The lowest BCUT2D eigenvalue weighted by atomic mass is 10.0. The molecule has 0 amide bonds. The maximum absolute atomic E-state index is 12.5. The average Bonchev–Trinajstić information content (AvgIpc) is 2.48. The van der Waals surface area contributed by atoms with Crippen LogP contribution in [0.4, 0.5) is 0 Å². The lowest BCUT2D eigenvalue weighted by Gasteiger charge is -2.15. The number of nitrogens with zero attached hydrogens (tertiary/aromatic N) is 1. The Bertz CT molecular complexity index is 672. The summed E-state index contributed by atoms with van der Waals surface area (Å²) in [5.74, 6) is 0.835. The Morgan fingerprint density at radius 3 is 2.38 bits per heavy atom. The molecule has 1 aromatic carbocycles. The van der Waals surface area contributed by atoms with Crippen molar-refractivity contribution in [3.63, 3.8) is 0 Å². The van der Waals surface area contributed by atoms with Gasteiger partial charge in [0.15, 0.2) is 0 Å². The SMILES string of the molecule is CCOc1ccc(-c2cc(C)c(CN)c(=O)n2CC)cc1. The number of pyridine rings is 1. The number of hydrogen-bond donors (Lipinski definition) is 1. The number of aromatic nitrogens is 1. The third-order valence-corrected chi connectivity index (χ3v) is 3.60. The van der Waals surface area contributed by atoms with Gasteiger partial charge >= 0.3 is 0 Å². The predicted molar refractivity (Wildman–Crippen MR) is 85.6 cm³/mol. The Labute approximate surface area is 125 Å². The van der Waals surface area contributed by atoms with Crippen molar-refractivity contribution in [2.24, 2.45) is 5.73 Å². The number of aryl methyl sites for hydroxylation is 1. The second-order valence-electron chi connectivity index (χ2n) is 4.90. The standard InChI is InChI=1S/C17H22N2O2/c1-4-19-16(10-12(3)15(11-18)17(19)20)13-6-8-14(9-7-13)21-5-2/h6-10H,4-5,11,18H2,1-3H3. The van der Waals surface area contributed by atoms with Gasteiger partial charge < -0.3 is 15.0 Å². The quantitative estimate of drug-likeness (QED) is 0.919. The topological polar surface area (TPSA) is 57.2 Å². The van der Waals surface area contributed by atoms with Crippen LogP contribution in [0.1, 0.15) is 25.0 Å². The largest absolute Gasteiger partial charge is 0.494 e. The minimum atomic E-state index is 0.00360. The van der Waals surface area contributed by atoms with Gasteiger partial charge in [0.05, 0.1) is 12.3 Å². The van der Waals surface area contributed by atoms with Gasteiger partial charge in [-0.1, -0.05) is 0 Å². The van der Waals surface area contributed by atoms with Crippen molar-refractivity contribution in [2.75, 3.05) is 6.61 Å². The van der Waals surface area contributed by atoms with Crippen molar-refractivity contribution in [2.45, 2.75) is 33.9 Å². The fourth-order valence-electron chi connectivity index (χ4n) is 2.50. The van der Waals surface area contributed by atoms with Crippen LogP contribution < -0.4 is 16.0 Å². The highest BCUT2D eigenvalue weighted by molar-refractivity contribution is 5.62. The molecule has 4 heteroatoms. The second kappa shape index (κ2) is 6.59. The first-order valence-corrected chi connectivity index (χ1v) is 7.29. The van der Waals surface area contributed by atoms with Crippen LogP contribution in [0.5, 0.6) is 5.75 Å². The van der Waals surface area contributed by atoms with E-state index in [0.717, 1.165) is 22.6 Å². The zero-order chi connectivity index (χ0) is 15.4. The fourth-order valence-corrected chi connectivity index (χ4v) is 2.50. The summed E-state index contributed by atoms with van der Waals surface area (Å²) in [5.41, 5.74) is 9.24. The van der Waals surface area contributed by atoms with Gasteiger partial charge in [-0.05, 0) is 62.2 Å². The molecule has 0 aliphatic carbocycles. The highest BCUT2D eigenvalue weighted by Gasteiger charge is 2.12. The summed E-state index contributed by atoms with van der Waals surface area (Å²) in [6.45, 7) is 7.39. The van der Waals surface area contributed by atoms with E-state index in [1.807, 2.05) is 51.1 Å². The predicted octanol–water partition coefficient (Wildman–Crippen LogP) is 2.70. The molecule has 0 unspecified atom stereocenters. The lowest BCUT2D eigenvalue weighted by Crippen LogP contribution is -2.27. The van der Waals surface area contributed by atoms with E-state index in [2.05, 4.69) is 0 Å². The summed E-state index contributed by atoms with van der Waals surface area (Å²) in [4.78, 5) is 12.5. The molecule has 2 N–H and O–H groups in total. The van der Waals surface area contributed by atoms with E-state index in [1.54, 1.807) is 4.57 Å². The van der Waals surface area contributed by atoms with E-state index in [0.29, 0.717) is 18.7 Å². The lowest BCUT2D eigenvalue weighted by molar-refractivity contribution is 0.340. The molecule has 0 atom stereocenters. The second-order valence-corrected chi connectivity index (χ2v) is 4.90. The first kappa shape index (κ1) is 15.3. The molecule has 1 aromatic heterocycles. The van der Waals surface area contributed by atoms with Crippen LogP contribution >= 0.6 is 0 Å². The Morgan fingerprint density at radius 2 is 1.86 bits per heavy atom. The van der Waals surface area contributed by atoms with Gasteiger partial charge in [-0.2, -0.15) is 0 Å². The molecule has 21 heavy (non-hydrogen) atoms. The van der Waals surface area contributed by atoms with E-state index in [1.165, 1.54) is 0 Å². The third-order valence-electron chi connectivity index (χ3n) is 3.60. The van der Waals surface area contributed by atoms with Crippen LogP contribution in [-0.2, 0) is 13.1 Å². The first-order chi connectivity index (χ1) is 10.1. The van der Waals surface area contributed by atoms with Gasteiger partial charge in [0, 0.05) is 18.7 Å². The van der Waals surface area contributed by atoms with Crippen LogP contribution in [0.25, 0.3) is 11.3 Å². The molecule has 0 fully saturated rings. The molecular weight excluding hydrogens is 264 g/mol.